The van der Waals surface area contributed by atoms with Gasteiger partial charge in [0.2, 0.25) is 10.0 Å². The van der Waals surface area contributed by atoms with E-state index in [1.807, 2.05) is 0 Å². The number of hydrogen-bond acceptors (Lipinski definition) is 6. The minimum absolute atomic E-state index is 0.00380. The molecule has 0 spiro atoms. The van der Waals surface area contributed by atoms with Crippen molar-refractivity contribution in [3.63, 3.8) is 0 Å². The number of aliphatic hydroxyl groups is 1. The minimum atomic E-state index is -4.02. The van der Waals surface area contributed by atoms with Crippen molar-refractivity contribution in [2.75, 3.05) is 13.7 Å². The van der Waals surface area contributed by atoms with Crippen LogP contribution in [-0.4, -0.2) is 38.2 Å². The van der Waals surface area contributed by atoms with E-state index in [0.29, 0.717) is 6.42 Å². The van der Waals surface area contributed by atoms with Crippen LogP contribution in [0.15, 0.2) is 23.1 Å². The van der Waals surface area contributed by atoms with Crippen molar-refractivity contribution >= 4 is 15.7 Å². The predicted molar refractivity (Wildman–Crippen MR) is 71.1 cm³/mol. The van der Waals surface area contributed by atoms with Crippen molar-refractivity contribution in [1.82, 2.24) is 4.72 Å². The van der Waals surface area contributed by atoms with Crippen molar-refractivity contribution in [2.24, 2.45) is 0 Å². The summed E-state index contributed by atoms with van der Waals surface area (Å²) in [6.07, 6.45) is 0.382. The van der Waals surface area contributed by atoms with E-state index >= 15 is 0 Å². The first-order valence-electron chi connectivity index (χ1n) is 5.81. The Morgan fingerprint density at radius 2 is 2.15 bits per heavy atom. The quantitative estimate of drug-likeness (QED) is 0.564. The molecule has 0 saturated carbocycles. The Hall–Kier alpha value is -1.71. The molecule has 0 aliphatic heterocycles. The topological polar surface area (TPSA) is 119 Å². The fraction of sp³-hybridized carbons (Fsp3) is 0.455. The number of benzene rings is 1. The molecule has 20 heavy (non-hydrogen) atoms. The van der Waals surface area contributed by atoms with Crippen LogP contribution < -0.4 is 9.46 Å². The lowest BCUT2D eigenvalue weighted by molar-refractivity contribution is -0.385. The summed E-state index contributed by atoms with van der Waals surface area (Å²) in [5, 5.41) is 19.8. The summed E-state index contributed by atoms with van der Waals surface area (Å²) in [6.45, 7) is 1.33. The highest BCUT2D eigenvalue weighted by atomic mass is 32.2. The molecule has 1 aromatic carbocycles. The molecule has 8 nitrogen and oxygen atoms in total. The van der Waals surface area contributed by atoms with Gasteiger partial charge in [-0.25, -0.2) is 13.1 Å². The first kappa shape index (κ1) is 16.3. The molecule has 112 valence electrons. The van der Waals surface area contributed by atoms with Crippen LogP contribution >= 0.6 is 0 Å². The number of ether oxygens (including phenoxy) is 1. The van der Waals surface area contributed by atoms with Crippen LogP contribution in [0.5, 0.6) is 5.75 Å². The van der Waals surface area contributed by atoms with Crippen LogP contribution in [0.1, 0.15) is 13.3 Å². The van der Waals surface area contributed by atoms with Gasteiger partial charge in [0.15, 0.2) is 0 Å². The van der Waals surface area contributed by atoms with Gasteiger partial charge in [-0.1, -0.05) is 6.92 Å². The molecule has 0 fully saturated rings. The Morgan fingerprint density at radius 3 is 2.60 bits per heavy atom. The third-order valence-electron chi connectivity index (χ3n) is 2.68. The SMILES string of the molecule is CC[C@@H](CO)NS(=O)(=O)c1cc([N+](=O)[O-])ccc1OC. The largest absolute Gasteiger partial charge is 0.495 e. The van der Waals surface area contributed by atoms with Gasteiger partial charge in [-0.05, 0) is 12.5 Å². The van der Waals surface area contributed by atoms with Gasteiger partial charge in [0, 0.05) is 18.2 Å². The first-order chi connectivity index (χ1) is 9.35. The number of non-ortho nitro benzene ring substituents is 1. The van der Waals surface area contributed by atoms with Crippen LogP contribution in [0.25, 0.3) is 0 Å². The van der Waals surface area contributed by atoms with Crippen molar-refractivity contribution in [1.29, 1.82) is 0 Å². The lowest BCUT2D eigenvalue weighted by Crippen LogP contribution is -2.37. The van der Waals surface area contributed by atoms with Crippen LogP contribution in [0, 0.1) is 10.1 Å². The lowest BCUT2D eigenvalue weighted by Gasteiger charge is -2.15. The molecule has 0 bridgehead atoms. The fourth-order valence-corrected chi connectivity index (χ4v) is 3.02. The number of methoxy groups -OCH3 is 1. The van der Waals surface area contributed by atoms with Crippen LogP contribution in [0.2, 0.25) is 0 Å². The van der Waals surface area contributed by atoms with Gasteiger partial charge in [-0.2, -0.15) is 0 Å². The molecule has 1 rings (SSSR count). The average molecular weight is 304 g/mol. The van der Waals surface area contributed by atoms with E-state index in [1.165, 1.54) is 13.2 Å². The molecule has 0 aromatic heterocycles. The third-order valence-corrected chi connectivity index (χ3v) is 4.22. The van der Waals surface area contributed by atoms with Crippen LogP contribution in [-0.2, 0) is 10.0 Å². The van der Waals surface area contributed by atoms with E-state index in [9.17, 15) is 18.5 Å². The number of nitrogens with zero attached hydrogens (tertiary/aromatic N) is 1. The van der Waals surface area contributed by atoms with Crippen LogP contribution in [0.4, 0.5) is 5.69 Å². The zero-order valence-corrected chi connectivity index (χ0v) is 11.9. The van der Waals surface area contributed by atoms with Gasteiger partial charge >= 0.3 is 0 Å². The zero-order valence-electron chi connectivity index (χ0n) is 11.1. The van der Waals surface area contributed by atoms with Crippen molar-refractivity contribution in [2.45, 2.75) is 24.3 Å². The highest BCUT2D eigenvalue weighted by molar-refractivity contribution is 7.89. The molecule has 1 aromatic rings. The van der Waals surface area contributed by atoms with Gasteiger partial charge in [-0.15, -0.1) is 0 Å². The molecule has 1 atom stereocenters. The van der Waals surface area contributed by atoms with E-state index in [1.54, 1.807) is 6.92 Å². The van der Waals surface area contributed by atoms with E-state index in [2.05, 4.69) is 4.72 Å². The monoisotopic (exact) mass is 304 g/mol. The molecular formula is C11H16N2O6S. The van der Waals surface area contributed by atoms with E-state index in [4.69, 9.17) is 9.84 Å². The van der Waals surface area contributed by atoms with E-state index < -0.39 is 21.0 Å². The zero-order chi connectivity index (χ0) is 15.3. The number of hydrogen-bond donors (Lipinski definition) is 2. The van der Waals surface area contributed by atoms with Gasteiger partial charge < -0.3 is 9.84 Å². The highest BCUT2D eigenvalue weighted by Gasteiger charge is 2.25. The highest BCUT2D eigenvalue weighted by Crippen LogP contribution is 2.28. The second-order valence-corrected chi connectivity index (χ2v) is 5.68. The Balaban J connectivity index is 3.28. The lowest BCUT2D eigenvalue weighted by atomic mass is 10.3. The van der Waals surface area contributed by atoms with Gasteiger partial charge in [0.05, 0.1) is 18.6 Å². The van der Waals surface area contributed by atoms with Crippen molar-refractivity contribution in [3.05, 3.63) is 28.3 Å². The maximum atomic E-state index is 12.2. The van der Waals surface area contributed by atoms with Crippen molar-refractivity contribution in [3.8, 4) is 5.75 Å². The molecule has 0 aliphatic carbocycles. The Kier molecular flexibility index (Phi) is 5.43. The summed E-state index contributed by atoms with van der Waals surface area (Å²) in [6, 6.07) is 2.63. The summed E-state index contributed by atoms with van der Waals surface area (Å²) in [7, 11) is -2.75. The number of nitro groups is 1. The van der Waals surface area contributed by atoms with Gasteiger partial charge in [0.1, 0.15) is 10.6 Å². The summed E-state index contributed by atoms with van der Waals surface area (Å²) in [5.74, 6) is -0.00380. The maximum absolute atomic E-state index is 12.2. The molecule has 9 heteroatoms. The molecule has 0 saturated heterocycles. The van der Waals surface area contributed by atoms with Crippen molar-refractivity contribution < 1.29 is 23.2 Å². The standard InChI is InChI=1S/C11H16N2O6S/c1-3-8(7-14)12-20(17,18)11-6-9(13(15)16)4-5-10(11)19-2/h4-6,8,12,14H,3,7H2,1-2H3/t8-/m0/s1. The van der Waals surface area contributed by atoms with Gasteiger partial charge in [-0.3, -0.25) is 10.1 Å². The summed E-state index contributed by atoms with van der Waals surface area (Å²) in [5.41, 5.74) is -0.358. The Morgan fingerprint density at radius 1 is 1.50 bits per heavy atom. The predicted octanol–water partition coefficient (Wildman–Crippen LogP) is 0.653. The summed E-state index contributed by atoms with van der Waals surface area (Å²) >= 11 is 0. The normalized spacial score (nSPS) is 12.9. The molecule has 0 aliphatic rings. The van der Waals surface area contributed by atoms with E-state index in [-0.39, 0.29) is 22.9 Å². The number of rotatable bonds is 7. The number of aliphatic hydroxyl groups excluding tert-OH is 1. The van der Waals surface area contributed by atoms with Crippen LogP contribution in [0.3, 0.4) is 0 Å². The van der Waals surface area contributed by atoms with Gasteiger partial charge in [0.25, 0.3) is 5.69 Å². The molecule has 0 radical (unpaired) electrons. The number of sulfonamides is 1. The summed E-state index contributed by atoms with van der Waals surface area (Å²) in [4.78, 5) is 9.70. The Labute approximate surface area is 116 Å². The second kappa shape index (κ2) is 6.64. The molecule has 2 N–H and O–H groups in total. The number of nitrogens with one attached hydrogen (secondary N) is 1. The smallest absolute Gasteiger partial charge is 0.271 e. The molecule has 0 unspecified atom stereocenters. The second-order valence-electron chi connectivity index (χ2n) is 4.00. The molecule has 0 heterocycles. The first-order valence-corrected chi connectivity index (χ1v) is 7.29. The van der Waals surface area contributed by atoms with E-state index in [0.717, 1.165) is 12.1 Å². The summed E-state index contributed by atoms with van der Waals surface area (Å²) < 4.78 is 31.6. The fourth-order valence-electron chi connectivity index (χ4n) is 1.52. The molecule has 0 amide bonds. The third kappa shape index (κ3) is 3.65. The number of nitro benzene ring substituents is 1. The average Bonchev–Trinajstić information content (AvgIpc) is 2.43. The Bertz CT molecular complexity index is 583. The maximum Gasteiger partial charge on any atom is 0.271 e. The molecular weight excluding hydrogens is 288 g/mol. The minimum Gasteiger partial charge on any atom is -0.495 e.